The summed E-state index contributed by atoms with van der Waals surface area (Å²) in [5.41, 5.74) is 0.242. The molecule has 4 heterocycles. The molecule has 0 aliphatic carbocycles. The molecular weight excluding hydrogens is 624 g/mol. The van der Waals surface area contributed by atoms with Crippen molar-refractivity contribution in [3.05, 3.63) is 107 Å². The predicted molar refractivity (Wildman–Crippen MR) is 173 cm³/mol. The van der Waals surface area contributed by atoms with E-state index < -0.39 is 29.2 Å². The van der Waals surface area contributed by atoms with E-state index in [2.05, 4.69) is 40.9 Å². The number of hydrogen-bond donors (Lipinski definition) is 0. The highest BCUT2D eigenvalue weighted by Crippen LogP contribution is 2.47. The Balaban J connectivity index is 1.20. The molecule has 1 aromatic heterocycles. The van der Waals surface area contributed by atoms with Gasteiger partial charge in [-0.25, -0.2) is 4.39 Å². The summed E-state index contributed by atoms with van der Waals surface area (Å²) in [5.74, 6) is -0.0774. The minimum Gasteiger partial charge on any atom is -0.379 e. The number of halogens is 4. The van der Waals surface area contributed by atoms with Crippen molar-refractivity contribution in [2.24, 2.45) is 5.92 Å². The number of carbonyl (C=O) groups excluding carboxylic acids is 1. The van der Waals surface area contributed by atoms with Crippen LogP contribution >= 0.6 is 0 Å². The lowest BCUT2D eigenvalue weighted by molar-refractivity contribution is -0.138. The molecule has 0 spiro atoms. The number of nitrogens with zero attached hydrogens (tertiary/aromatic N) is 6. The van der Waals surface area contributed by atoms with E-state index in [0.717, 1.165) is 19.6 Å². The van der Waals surface area contributed by atoms with Gasteiger partial charge >= 0.3 is 6.18 Å². The van der Waals surface area contributed by atoms with E-state index >= 15 is 4.39 Å². The number of fused-ring (bicyclic) bond motifs is 1. The maximum atomic E-state index is 16.6. The highest BCUT2D eigenvalue weighted by atomic mass is 19.4. The number of piperazine rings is 1. The minimum atomic E-state index is -4.64. The van der Waals surface area contributed by atoms with Gasteiger partial charge in [-0.1, -0.05) is 44.2 Å². The quantitative estimate of drug-likeness (QED) is 0.210. The summed E-state index contributed by atoms with van der Waals surface area (Å²) in [4.78, 5) is 19.7. The standard InChI is InChI=1S/C36H38F4N6O2/c1-23(2)31-19-43(3)12-13-44(31)17-24-14-28-29(30(15-24)36(38,39)40)18-45(34(28)47)27-11-7-8-25(16-27)35(20-48-21-35)32(37)33-42-41-22-46(33)26-9-5-4-6-10-26/h4-11,14-16,22-23,31-32H,12-13,17-21H2,1-3H3/t31-,32?/m1/s1. The number of benzene rings is 3. The molecule has 3 aromatic carbocycles. The molecule has 4 aromatic rings. The van der Waals surface area contributed by atoms with Crippen LogP contribution in [0.1, 0.15) is 58.5 Å². The zero-order valence-electron chi connectivity index (χ0n) is 27.1. The van der Waals surface area contributed by atoms with Crippen LogP contribution in [-0.4, -0.2) is 76.4 Å². The molecule has 7 rings (SSSR count). The molecule has 12 heteroatoms. The van der Waals surface area contributed by atoms with E-state index in [1.165, 1.54) is 17.3 Å². The van der Waals surface area contributed by atoms with Crippen molar-refractivity contribution in [1.29, 1.82) is 0 Å². The van der Waals surface area contributed by atoms with Crippen molar-refractivity contribution in [3.63, 3.8) is 0 Å². The molecule has 2 atom stereocenters. The van der Waals surface area contributed by atoms with Crippen molar-refractivity contribution < 1.29 is 27.1 Å². The Morgan fingerprint density at radius 1 is 1.00 bits per heavy atom. The molecule has 2 fully saturated rings. The highest BCUT2D eigenvalue weighted by molar-refractivity contribution is 6.10. The predicted octanol–water partition coefficient (Wildman–Crippen LogP) is 6.20. The average molecular weight is 663 g/mol. The Morgan fingerprint density at radius 2 is 1.75 bits per heavy atom. The van der Waals surface area contributed by atoms with E-state index in [4.69, 9.17) is 4.74 Å². The van der Waals surface area contributed by atoms with Crippen molar-refractivity contribution in [2.45, 2.75) is 50.7 Å². The van der Waals surface area contributed by atoms with Gasteiger partial charge in [-0.15, -0.1) is 10.2 Å². The van der Waals surface area contributed by atoms with Crippen LogP contribution in [0, 0.1) is 5.92 Å². The summed E-state index contributed by atoms with van der Waals surface area (Å²) < 4.78 is 67.4. The van der Waals surface area contributed by atoms with Gasteiger partial charge in [0.1, 0.15) is 6.33 Å². The van der Waals surface area contributed by atoms with Crippen LogP contribution in [0.2, 0.25) is 0 Å². The van der Waals surface area contributed by atoms with Gasteiger partial charge < -0.3 is 14.5 Å². The fraction of sp³-hybridized carbons (Fsp3) is 0.417. The first kappa shape index (κ1) is 32.4. The third-order valence-electron chi connectivity index (χ3n) is 10.1. The second kappa shape index (κ2) is 12.4. The summed E-state index contributed by atoms with van der Waals surface area (Å²) in [6.07, 6.45) is -4.79. The molecule has 3 aliphatic rings. The van der Waals surface area contributed by atoms with Gasteiger partial charge in [-0.2, -0.15) is 13.2 Å². The van der Waals surface area contributed by atoms with Gasteiger partial charge in [0.2, 0.25) is 0 Å². The third-order valence-corrected chi connectivity index (χ3v) is 10.1. The van der Waals surface area contributed by atoms with Crippen LogP contribution in [0.15, 0.2) is 73.1 Å². The van der Waals surface area contributed by atoms with Crippen molar-refractivity contribution in [3.8, 4) is 5.69 Å². The molecule has 0 N–H and O–H groups in total. The maximum absolute atomic E-state index is 16.6. The number of para-hydroxylation sites is 1. The Morgan fingerprint density at radius 3 is 2.44 bits per heavy atom. The second-order valence-corrected chi connectivity index (χ2v) is 13.6. The first-order chi connectivity index (χ1) is 23.0. The van der Waals surface area contributed by atoms with Crippen LogP contribution < -0.4 is 4.90 Å². The first-order valence-corrected chi connectivity index (χ1v) is 16.2. The molecule has 8 nitrogen and oxygen atoms in total. The molecule has 3 aliphatic heterocycles. The van der Waals surface area contributed by atoms with Gasteiger partial charge in [0.25, 0.3) is 5.91 Å². The number of aromatic nitrogens is 3. The SMILES string of the molecule is CC(C)[C@H]1CN(C)CCN1Cc1cc2c(c(C(F)(F)F)c1)CN(c1cccc(C3(C(F)c4nncn4-c4ccccc4)COC3)c1)C2=O. The highest BCUT2D eigenvalue weighted by Gasteiger charge is 2.51. The minimum absolute atomic E-state index is 0.0403. The van der Waals surface area contributed by atoms with Crippen LogP contribution in [0.3, 0.4) is 0 Å². The zero-order chi connectivity index (χ0) is 33.8. The van der Waals surface area contributed by atoms with E-state index in [-0.39, 0.29) is 42.8 Å². The Labute approximate surface area is 276 Å². The lowest BCUT2D eigenvalue weighted by Crippen LogP contribution is -2.53. The molecule has 1 amide bonds. The van der Waals surface area contributed by atoms with E-state index in [0.29, 0.717) is 35.0 Å². The molecule has 0 bridgehead atoms. The molecule has 0 radical (unpaired) electrons. The van der Waals surface area contributed by atoms with Gasteiger partial charge in [-0.05, 0) is 66.1 Å². The number of anilines is 1. The van der Waals surface area contributed by atoms with E-state index in [9.17, 15) is 18.0 Å². The van der Waals surface area contributed by atoms with Crippen LogP contribution in [0.5, 0.6) is 0 Å². The van der Waals surface area contributed by atoms with Gasteiger partial charge in [0.15, 0.2) is 12.0 Å². The number of rotatable bonds is 8. The molecule has 1 unspecified atom stereocenters. The van der Waals surface area contributed by atoms with Crippen LogP contribution in [0.4, 0.5) is 23.2 Å². The number of hydrogen-bond acceptors (Lipinski definition) is 6. The summed E-state index contributed by atoms with van der Waals surface area (Å²) in [5, 5.41) is 8.08. The van der Waals surface area contributed by atoms with Crippen LogP contribution in [-0.2, 0) is 29.4 Å². The van der Waals surface area contributed by atoms with Gasteiger partial charge in [0.05, 0.1) is 30.7 Å². The fourth-order valence-corrected chi connectivity index (χ4v) is 7.29. The summed E-state index contributed by atoms with van der Waals surface area (Å²) in [6.45, 7) is 6.84. The second-order valence-electron chi connectivity index (χ2n) is 13.6. The van der Waals surface area contributed by atoms with E-state index in [1.807, 2.05) is 30.3 Å². The van der Waals surface area contributed by atoms with Gasteiger partial charge in [-0.3, -0.25) is 14.3 Å². The fourth-order valence-electron chi connectivity index (χ4n) is 7.29. The largest absolute Gasteiger partial charge is 0.416 e. The number of likely N-dealkylation sites (N-methyl/N-ethyl adjacent to an activating group) is 1. The number of amides is 1. The molecular formula is C36H38F4N6O2. The number of alkyl halides is 4. The molecule has 2 saturated heterocycles. The first-order valence-electron chi connectivity index (χ1n) is 16.2. The lowest BCUT2D eigenvalue weighted by atomic mass is 9.74. The monoisotopic (exact) mass is 662 g/mol. The number of ether oxygens (including phenoxy) is 1. The Bertz CT molecular complexity index is 1810. The summed E-state index contributed by atoms with van der Waals surface area (Å²) in [6, 6.07) is 19.0. The average Bonchev–Trinajstić information content (AvgIpc) is 3.66. The molecule has 252 valence electrons. The normalized spacial score (nSPS) is 20.6. The Kier molecular flexibility index (Phi) is 8.37. The third kappa shape index (κ3) is 5.69. The number of carbonyl (C=O) groups is 1. The topological polar surface area (TPSA) is 66.7 Å². The maximum Gasteiger partial charge on any atom is 0.416 e. The molecule has 0 saturated carbocycles. The van der Waals surface area contributed by atoms with Gasteiger partial charge in [0, 0.05) is 49.2 Å². The van der Waals surface area contributed by atoms with Crippen molar-refractivity contribution in [1.82, 2.24) is 24.6 Å². The van der Waals surface area contributed by atoms with Crippen molar-refractivity contribution in [2.75, 3.05) is 44.8 Å². The Hall–Kier alpha value is -4.13. The van der Waals surface area contributed by atoms with E-state index in [1.54, 1.807) is 34.9 Å². The molecule has 48 heavy (non-hydrogen) atoms. The summed E-state index contributed by atoms with van der Waals surface area (Å²) >= 11 is 0. The smallest absolute Gasteiger partial charge is 0.379 e. The zero-order valence-corrected chi connectivity index (χ0v) is 27.1. The summed E-state index contributed by atoms with van der Waals surface area (Å²) in [7, 11) is 2.05. The van der Waals surface area contributed by atoms with Crippen LogP contribution in [0.25, 0.3) is 5.69 Å². The van der Waals surface area contributed by atoms with Crippen molar-refractivity contribution >= 4 is 11.6 Å². The lowest BCUT2D eigenvalue weighted by Gasteiger charge is -2.44.